The zero-order valence-corrected chi connectivity index (χ0v) is 18.5. The highest BCUT2D eigenvalue weighted by atomic mass is 35.5. The Morgan fingerprint density at radius 1 is 0.939 bits per heavy atom. The minimum absolute atomic E-state index is 0.235. The van der Waals surface area contributed by atoms with E-state index in [1.807, 2.05) is 30.6 Å². The van der Waals surface area contributed by atoms with E-state index in [9.17, 15) is 0 Å². The summed E-state index contributed by atoms with van der Waals surface area (Å²) in [5.74, 6) is 1.47. The number of rotatable bonds is 5. The molecule has 0 radical (unpaired) electrons. The Bertz CT molecular complexity index is 1490. The van der Waals surface area contributed by atoms with Gasteiger partial charge in [-0.2, -0.15) is 0 Å². The number of ether oxygens (including phenoxy) is 2. The molecule has 0 saturated heterocycles. The lowest BCUT2D eigenvalue weighted by molar-refractivity contribution is 0.174. The molecule has 3 aromatic carbocycles. The Balaban J connectivity index is 1.50. The van der Waals surface area contributed by atoms with Gasteiger partial charge in [0, 0.05) is 16.6 Å². The van der Waals surface area contributed by atoms with Gasteiger partial charge in [-0.3, -0.25) is 9.55 Å². The van der Waals surface area contributed by atoms with Gasteiger partial charge in [-0.1, -0.05) is 29.8 Å². The molecule has 5 aromatic rings. The summed E-state index contributed by atoms with van der Waals surface area (Å²) < 4.78 is 13.1. The van der Waals surface area contributed by atoms with Crippen molar-refractivity contribution < 1.29 is 9.47 Å². The van der Waals surface area contributed by atoms with E-state index in [0.29, 0.717) is 11.6 Å². The molecule has 33 heavy (non-hydrogen) atoms. The first kappa shape index (κ1) is 20.0. The van der Waals surface area contributed by atoms with E-state index in [0.717, 1.165) is 63.1 Å². The highest BCUT2D eigenvalue weighted by molar-refractivity contribution is 6.34. The lowest BCUT2D eigenvalue weighted by atomic mass is 10.0. The molecular weight excluding hydrogens is 436 g/mol. The molecule has 0 amide bonds. The number of aryl methyl sites for hydroxylation is 1. The van der Waals surface area contributed by atoms with E-state index in [4.69, 9.17) is 26.8 Å². The first-order valence-corrected chi connectivity index (χ1v) is 11.2. The fourth-order valence-corrected chi connectivity index (χ4v) is 4.59. The SMILES string of the molecule is NCCCc1ccc(-n2cnc3cnc4cc(Cl)c(-c5ccc6c(c5)OCO6)cc4c32)cc1. The van der Waals surface area contributed by atoms with Crippen LogP contribution in [0.5, 0.6) is 11.5 Å². The van der Waals surface area contributed by atoms with Crippen molar-refractivity contribution in [2.24, 2.45) is 5.73 Å². The molecule has 2 aromatic heterocycles. The number of nitrogens with zero attached hydrogens (tertiary/aromatic N) is 3. The molecule has 0 bridgehead atoms. The third kappa shape index (κ3) is 3.48. The van der Waals surface area contributed by atoms with Gasteiger partial charge in [-0.15, -0.1) is 0 Å². The molecule has 7 heteroatoms. The van der Waals surface area contributed by atoms with Crippen LogP contribution in [0, 0.1) is 0 Å². The van der Waals surface area contributed by atoms with Crippen LogP contribution in [-0.4, -0.2) is 27.9 Å². The second-order valence-electron chi connectivity index (χ2n) is 8.08. The highest BCUT2D eigenvalue weighted by Gasteiger charge is 2.17. The molecule has 6 nitrogen and oxygen atoms in total. The first-order valence-electron chi connectivity index (χ1n) is 10.9. The van der Waals surface area contributed by atoms with E-state index in [2.05, 4.69) is 44.9 Å². The number of nitrogens with two attached hydrogens (primary N) is 1. The largest absolute Gasteiger partial charge is 0.454 e. The standard InChI is InChI=1S/C26H21ClN4O2/c27-21-12-22-20(11-19(21)17-5-8-24-25(10-17)33-15-32-24)26-23(13-29-22)30-14-31(26)18-6-3-16(4-7-18)2-1-9-28/h3-8,10-14H,1-2,9,15,28H2. The van der Waals surface area contributed by atoms with E-state index in [1.165, 1.54) is 5.56 Å². The number of pyridine rings is 1. The van der Waals surface area contributed by atoms with Crippen molar-refractivity contribution in [2.75, 3.05) is 13.3 Å². The summed E-state index contributed by atoms with van der Waals surface area (Å²) in [7, 11) is 0. The van der Waals surface area contributed by atoms with Gasteiger partial charge in [-0.25, -0.2) is 4.98 Å². The fourth-order valence-electron chi connectivity index (χ4n) is 4.32. The van der Waals surface area contributed by atoms with Gasteiger partial charge in [-0.05, 0) is 66.9 Å². The Morgan fingerprint density at radius 3 is 2.64 bits per heavy atom. The molecule has 1 aliphatic rings. The maximum Gasteiger partial charge on any atom is 0.231 e. The Hall–Kier alpha value is -3.61. The van der Waals surface area contributed by atoms with Crippen LogP contribution in [0.3, 0.4) is 0 Å². The van der Waals surface area contributed by atoms with Crippen LogP contribution < -0.4 is 15.2 Å². The van der Waals surface area contributed by atoms with Gasteiger partial charge in [0.1, 0.15) is 11.8 Å². The number of imidazole rings is 1. The Morgan fingerprint density at radius 2 is 1.79 bits per heavy atom. The molecule has 0 unspecified atom stereocenters. The Labute approximate surface area is 195 Å². The van der Waals surface area contributed by atoms with Gasteiger partial charge in [0.15, 0.2) is 11.5 Å². The number of fused-ring (bicyclic) bond motifs is 4. The van der Waals surface area contributed by atoms with E-state index < -0.39 is 0 Å². The van der Waals surface area contributed by atoms with Gasteiger partial charge >= 0.3 is 0 Å². The second-order valence-corrected chi connectivity index (χ2v) is 8.49. The van der Waals surface area contributed by atoms with Crippen molar-refractivity contribution in [1.82, 2.24) is 14.5 Å². The van der Waals surface area contributed by atoms with Crippen molar-refractivity contribution in [3.8, 4) is 28.3 Å². The summed E-state index contributed by atoms with van der Waals surface area (Å²) in [6.45, 7) is 0.931. The molecular formula is C26H21ClN4O2. The molecule has 0 fully saturated rings. The molecule has 0 saturated carbocycles. The molecule has 164 valence electrons. The smallest absolute Gasteiger partial charge is 0.231 e. The predicted molar refractivity (Wildman–Crippen MR) is 130 cm³/mol. The number of hydrogen-bond acceptors (Lipinski definition) is 5. The summed E-state index contributed by atoms with van der Waals surface area (Å²) in [4.78, 5) is 9.20. The monoisotopic (exact) mass is 456 g/mol. The summed E-state index contributed by atoms with van der Waals surface area (Å²) in [5, 5.41) is 1.61. The number of aromatic nitrogens is 3. The molecule has 0 aliphatic carbocycles. The van der Waals surface area contributed by atoms with Crippen molar-refractivity contribution in [2.45, 2.75) is 12.8 Å². The Kier molecular flexibility index (Phi) is 4.89. The highest BCUT2D eigenvalue weighted by Crippen LogP contribution is 2.40. The van der Waals surface area contributed by atoms with Crippen LogP contribution in [-0.2, 0) is 6.42 Å². The van der Waals surface area contributed by atoms with Crippen molar-refractivity contribution in [1.29, 1.82) is 0 Å². The van der Waals surface area contributed by atoms with Crippen molar-refractivity contribution in [3.63, 3.8) is 0 Å². The van der Waals surface area contributed by atoms with Crippen molar-refractivity contribution >= 4 is 33.5 Å². The minimum atomic E-state index is 0.235. The van der Waals surface area contributed by atoms with Gasteiger partial charge < -0.3 is 15.2 Å². The van der Waals surface area contributed by atoms with Crippen LogP contribution in [0.25, 0.3) is 38.8 Å². The molecule has 1 aliphatic heterocycles. The minimum Gasteiger partial charge on any atom is -0.454 e. The zero-order valence-electron chi connectivity index (χ0n) is 17.8. The fraction of sp³-hybridized carbons (Fsp3) is 0.154. The van der Waals surface area contributed by atoms with Crippen LogP contribution in [0.4, 0.5) is 0 Å². The topological polar surface area (TPSA) is 75.2 Å². The number of halogens is 1. The van der Waals surface area contributed by atoms with Crippen LogP contribution in [0.2, 0.25) is 5.02 Å². The third-order valence-electron chi connectivity index (χ3n) is 6.03. The predicted octanol–water partition coefficient (Wildman–Crippen LogP) is 5.51. The van der Waals surface area contributed by atoms with E-state index in [1.54, 1.807) is 6.20 Å². The average molecular weight is 457 g/mol. The quantitative estimate of drug-likeness (QED) is 0.377. The number of benzene rings is 3. The average Bonchev–Trinajstić information content (AvgIpc) is 3.49. The lowest BCUT2D eigenvalue weighted by Crippen LogP contribution is -2.00. The van der Waals surface area contributed by atoms with Crippen LogP contribution >= 0.6 is 11.6 Å². The number of hydrogen-bond donors (Lipinski definition) is 1. The van der Waals surface area contributed by atoms with Crippen molar-refractivity contribution in [3.05, 3.63) is 77.7 Å². The van der Waals surface area contributed by atoms with Crippen LogP contribution in [0.1, 0.15) is 12.0 Å². The van der Waals surface area contributed by atoms with Gasteiger partial charge in [0.2, 0.25) is 6.79 Å². The van der Waals surface area contributed by atoms with Gasteiger partial charge in [0.25, 0.3) is 0 Å². The molecule has 6 rings (SSSR count). The summed E-state index contributed by atoms with van der Waals surface area (Å²) >= 11 is 6.69. The first-order chi connectivity index (χ1) is 16.2. The van der Waals surface area contributed by atoms with E-state index >= 15 is 0 Å². The summed E-state index contributed by atoms with van der Waals surface area (Å²) in [5.41, 5.74) is 12.5. The normalized spacial score (nSPS) is 12.7. The maximum atomic E-state index is 6.69. The zero-order chi connectivity index (χ0) is 22.4. The van der Waals surface area contributed by atoms with Gasteiger partial charge in [0.05, 0.1) is 22.3 Å². The van der Waals surface area contributed by atoms with E-state index in [-0.39, 0.29) is 6.79 Å². The third-order valence-corrected chi connectivity index (χ3v) is 6.34. The molecule has 2 N–H and O–H groups in total. The van der Waals surface area contributed by atoms with Crippen LogP contribution in [0.15, 0.2) is 67.1 Å². The summed E-state index contributed by atoms with van der Waals surface area (Å²) in [6.07, 6.45) is 5.59. The summed E-state index contributed by atoms with van der Waals surface area (Å²) in [6, 6.07) is 18.4. The molecule has 3 heterocycles. The lowest BCUT2D eigenvalue weighted by Gasteiger charge is -2.11. The molecule has 0 spiro atoms. The maximum absolute atomic E-state index is 6.69. The molecule has 0 atom stereocenters. The second kappa shape index (κ2) is 8.06.